The highest BCUT2D eigenvalue weighted by Crippen LogP contribution is 2.26. The third kappa shape index (κ3) is 5.14. The monoisotopic (exact) mass is 380 g/mol. The minimum Gasteiger partial charge on any atom is -0.494 e. The van der Waals surface area contributed by atoms with Crippen molar-refractivity contribution in [2.45, 2.75) is 59.7 Å². The van der Waals surface area contributed by atoms with E-state index in [0.29, 0.717) is 0 Å². The molecule has 0 bridgehead atoms. The zero-order chi connectivity index (χ0) is 20.1. The Morgan fingerprint density at radius 1 is 1.21 bits per heavy atom. The van der Waals surface area contributed by atoms with E-state index in [1.54, 1.807) is 6.92 Å². The first kappa shape index (κ1) is 20.4. The van der Waals surface area contributed by atoms with Crippen LogP contribution in [0.3, 0.4) is 0 Å². The molecule has 0 spiro atoms. The van der Waals surface area contributed by atoms with Crippen molar-refractivity contribution in [2.75, 3.05) is 13.2 Å². The van der Waals surface area contributed by atoms with Gasteiger partial charge in [-0.1, -0.05) is 31.2 Å². The molecule has 0 radical (unpaired) electrons. The molecule has 150 valence electrons. The predicted octanol–water partition coefficient (Wildman–Crippen LogP) is 4.54. The summed E-state index contributed by atoms with van der Waals surface area (Å²) in [6.45, 7) is 11.6. The zero-order valence-electron chi connectivity index (χ0n) is 17.5. The lowest BCUT2D eigenvalue weighted by Crippen LogP contribution is -2.30. The van der Waals surface area contributed by atoms with E-state index < -0.39 is 0 Å². The molecular formula is C24H32N2O2. The lowest BCUT2D eigenvalue weighted by Gasteiger charge is -2.30. The summed E-state index contributed by atoms with van der Waals surface area (Å²) < 4.78 is 5.74. The second-order valence-corrected chi connectivity index (χ2v) is 7.85. The highest BCUT2D eigenvalue weighted by atomic mass is 16.5. The maximum Gasteiger partial charge on any atom is 0.217 e. The van der Waals surface area contributed by atoms with E-state index in [1.807, 2.05) is 6.92 Å². The molecule has 4 heteroatoms. The summed E-state index contributed by atoms with van der Waals surface area (Å²) in [5.41, 5.74) is 6.64. The van der Waals surface area contributed by atoms with Gasteiger partial charge in [-0.25, -0.2) is 0 Å². The Hall–Kier alpha value is -2.33. The number of hydrogen-bond acceptors (Lipinski definition) is 3. The fraction of sp³-hybridized carbons (Fsp3) is 0.458. The lowest BCUT2D eigenvalue weighted by molar-refractivity contribution is -0.119. The molecular weight excluding hydrogens is 348 g/mol. The number of rotatable bonds is 7. The molecule has 0 aromatic heterocycles. The van der Waals surface area contributed by atoms with E-state index >= 15 is 0 Å². The van der Waals surface area contributed by atoms with Crippen LogP contribution in [0.15, 0.2) is 36.4 Å². The Balaban J connectivity index is 1.65. The van der Waals surface area contributed by atoms with Crippen molar-refractivity contribution in [1.29, 1.82) is 0 Å². The minimum atomic E-state index is 0.0119. The first-order chi connectivity index (χ1) is 13.5. The second-order valence-electron chi connectivity index (χ2n) is 7.85. The number of carbonyl (C=O) groups excluding carboxylic acids is 1. The molecule has 0 fully saturated rings. The van der Waals surface area contributed by atoms with Gasteiger partial charge in [-0.15, -0.1) is 0 Å². The Labute approximate surface area is 168 Å². The molecule has 1 amide bonds. The molecule has 4 nitrogen and oxygen atoms in total. The van der Waals surface area contributed by atoms with Crippen LogP contribution in [0.5, 0.6) is 5.75 Å². The molecule has 1 aliphatic rings. The molecule has 2 aromatic rings. The van der Waals surface area contributed by atoms with Crippen LogP contribution in [0.1, 0.15) is 61.1 Å². The molecule has 1 N–H and O–H groups in total. The van der Waals surface area contributed by atoms with Crippen molar-refractivity contribution in [3.05, 3.63) is 64.2 Å². The molecule has 1 aliphatic heterocycles. The smallest absolute Gasteiger partial charge is 0.217 e. The van der Waals surface area contributed by atoms with Gasteiger partial charge in [0.1, 0.15) is 5.75 Å². The Bertz CT molecular complexity index is 831. The number of fused-ring (bicyclic) bond motifs is 1. The molecule has 1 heterocycles. The van der Waals surface area contributed by atoms with Gasteiger partial charge in [0.25, 0.3) is 0 Å². The van der Waals surface area contributed by atoms with E-state index in [2.05, 4.69) is 60.5 Å². The molecule has 0 saturated carbocycles. The van der Waals surface area contributed by atoms with E-state index in [1.165, 1.54) is 27.8 Å². The van der Waals surface area contributed by atoms with Gasteiger partial charge in [0.05, 0.1) is 12.6 Å². The largest absolute Gasteiger partial charge is 0.494 e. The van der Waals surface area contributed by atoms with Gasteiger partial charge in [0, 0.05) is 26.6 Å². The molecule has 2 aromatic carbocycles. The fourth-order valence-electron chi connectivity index (χ4n) is 3.82. The topological polar surface area (TPSA) is 41.6 Å². The summed E-state index contributed by atoms with van der Waals surface area (Å²) in [6, 6.07) is 13.1. The van der Waals surface area contributed by atoms with Crippen LogP contribution in [0.25, 0.3) is 0 Å². The summed E-state index contributed by atoms with van der Waals surface area (Å²) in [6.07, 6.45) is 2.08. The average Bonchev–Trinajstić information content (AvgIpc) is 2.67. The van der Waals surface area contributed by atoms with Gasteiger partial charge in [-0.2, -0.15) is 0 Å². The third-order valence-corrected chi connectivity index (χ3v) is 5.42. The van der Waals surface area contributed by atoms with Crippen LogP contribution in [-0.4, -0.2) is 24.0 Å². The van der Waals surface area contributed by atoms with Crippen LogP contribution in [0.2, 0.25) is 0 Å². The van der Waals surface area contributed by atoms with E-state index in [-0.39, 0.29) is 11.9 Å². The highest BCUT2D eigenvalue weighted by molar-refractivity contribution is 5.73. The summed E-state index contributed by atoms with van der Waals surface area (Å²) in [7, 11) is 0. The van der Waals surface area contributed by atoms with Gasteiger partial charge in [0.2, 0.25) is 5.91 Å². The van der Waals surface area contributed by atoms with Crippen molar-refractivity contribution in [3.63, 3.8) is 0 Å². The molecule has 1 atom stereocenters. The van der Waals surface area contributed by atoms with Crippen molar-refractivity contribution >= 4 is 5.91 Å². The number of hydrogen-bond donors (Lipinski definition) is 1. The van der Waals surface area contributed by atoms with Crippen molar-refractivity contribution in [2.24, 2.45) is 0 Å². The van der Waals surface area contributed by atoms with Crippen LogP contribution in [0.4, 0.5) is 0 Å². The van der Waals surface area contributed by atoms with Gasteiger partial charge in [-0.05, 0) is 66.6 Å². The molecule has 0 aliphatic carbocycles. The van der Waals surface area contributed by atoms with Crippen LogP contribution in [0, 0.1) is 6.92 Å². The van der Waals surface area contributed by atoms with Gasteiger partial charge in [-0.3, -0.25) is 9.69 Å². The summed E-state index contributed by atoms with van der Waals surface area (Å²) in [5, 5.41) is 2.97. The van der Waals surface area contributed by atoms with Gasteiger partial charge < -0.3 is 10.1 Å². The third-order valence-electron chi connectivity index (χ3n) is 5.42. The quantitative estimate of drug-likeness (QED) is 0.767. The van der Waals surface area contributed by atoms with Crippen LogP contribution in [-0.2, 0) is 24.3 Å². The SMILES string of the molecule is CCCOc1ccc(CN2CCc3cc(C(C)NC(C)=O)ccc3C2)c(C)c1. The number of amides is 1. The van der Waals surface area contributed by atoms with Crippen molar-refractivity contribution in [3.8, 4) is 5.75 Å². The number of ether oxygens (including phenoxy) is 1. The normalized spacial score (nSPS) is 15.0. The number of benzene rings is 2. The fourth-order valence-corrected chi connectivity index (χ4v) is 3.82. The molecule has 1 unspecified atom stereocenters. The number of nitrogens with one attached hydrogen (secondary N) is 1. The van der Waals surface area contributed by atoms with Crippen molar-refractivity contribution < 1.29 is 9.53 Å². The van der Waals surface area contributed by atoms with Crippen molar-refractivity contribution in [1.82, 2.24) is 10.2 Å². The number of nitrogens with zero attached hydrogens (tertiary/aromatic N) is 1. The maximum atomic E-state index is 11.3. The molecule has 28 heavy (non-hydrogen) atoms. The van der Waals surface area contributed by atoms with E-state index in [0.717, 1.165) is 44.8 Å². The summed E-state index contributed by atoms with van der Waals surface area (Å²) >= 11 is 0. The summed E-state index contributed by atoms with van der Waals surface area (Å²) in [5.74, 6) is 0.978. The lowest BCUT2D eigenvalue weighted by atomic mass is 9.94. The van der Waals surface area contributed by atoms with Gasteiger partial charge >= 0.3 is 0 Å². The number of aryl methyl sites for hydroxylation is 1. The minimum absolute atomic E-state index is 0.0119. The number of carbonyl (C=O) groups is 1. The maximum absolute atomic E-state index is 11.3. The summed E-state index contributed by atoms with van der Waals surface area (Å²) in [4.78, 5) is 13.8. The standard InChI is InChI=1S/C24H32N2O2/c1-5-12-28-24-9-8-22(17(2)13-24)15-26-11-10-21-14-20(6-7-23(21)16-26)18(3)25-19(4)27/h6-9,13-14,18H,5,10-12,15-16H2,1-4H3,(H,25,27). The van der Waals surface area contributed by atoms with Crippen LogP contribution >= 0.6 is 0 Å². The van der Waals surface area contributed by atoms with Crippen LogP contribution < -0.4 is 10.1 Å². The Morgan fingerprint density at radius 3 is 2.75 bits per heavy atom. The predicted molar refractivity (Wildman–Crippen MR) is 113 cm³/mol. The highest BCUT2D eigenvalue weighted by Gasteiger charge is 2.18. The Morgan fingerprint density at radius 2 is 2.04 bits per heavy atom. The van der Waals surface area contributed by atoms with Gasteiger partial charge in [0.15, 0.2) is 0 Å². The average molecular weight is 381 g/mol. The Kier molecular flexibility index (Phi) is 6.74. The zero-order valence-corrected chi connectivity index (χ0v) is 17.5. The molecule has 0 saturated heterocycles. The van der Waals surface area contributed by atoms with E-state index in [9.17, 15) is 4.79 Å². The first-order valence-electron chi connectivity index (χ1n) is 10.3. The second kappa shape index (κ2) is 9.24. The molecule has 3 rings (SSSR count). The first-order valence-corrected chi connectivity index (χ1v) is 10.3. The van der Waals surface area contributed by atoms with E-state index in [4.69, 9.17) is 4.74 Å².